The molecule has 1 unspecified atom stereocenters. The Balaban J connectivity index is 0.00000240. The molecular weight excluding hydrogens is 501 g/mol. The Morgan fingerprint density at radius 2 is 2.28 bits per heavy atom. The second kappa shape index (κ2) is 10.3. The molecule has 156 valence electrons. The quantitative estimate of drug-likeness (QED) is 0.355. The molecule has 0 bridgehead atoms. The van der Waals surface area contributed by atoms with Crippen LogP contribution in [0.2, 0.25) is 5.02 Å². The van der Waals surface area contributed by atoms with E-state index in [1.807, 2.05) is 19.2 Å². The Labute approximate surface area is 194 Å². The molecule has 0 spiro atoms. The van der Waals surface area contributed by atoms with E-state index in [4.69, 9.17) is 16.3 Å². The Morgan fingerprint density at radius 1 is 1.38 bits per heavy atom. The van der Waals surface area contributed by atoms with Gasteiger partial charge in [-0.15, -0.1) is 24.0 Å². The van der Waals surface area contributed by atoms with Crippen LogP contribution in [-0.4, -0.2) is 50.3 Å². The van der Waals surface area contributed by atoms with Crippen molar-refractivity contribution in [3.8, 4) is 5.75 Å². The summed E-state index contributed by atoms with van der Waals surface area (Å²) in [5.74, 6) is 2.73. The fourth-order valence-corrected chi connectivity index (χ4v) is 4.03. The Bertz CT molecular complexity index is 863. The van der Waals surface area contributed by atoms with Crippen LogP contribution >= 0.6 is 35.6 Å². The van der Waals surface area contributed by atoms with Gasteiger partial charge in [0.2, 0.25) is 0 Å². The van der Waals surface area contributed by atoms with E-state index >= 15 is 0 Å². The molecule has 3 heterocycles. The summed E-state index contributed by atoms with van der Waals surface area (Å²) < 4.78 is 5.57. The highest BCUT2D eigenvalue weighted by Crippen LogP contribution is 2.26. The lowest BCUT2D eigenvalue weighted by atomic mass is 10.1. The van der Waals surface area contributed by atoms with Crippen molar-refractivity contribution in [1.29, 1.82) is 0 Å². The third-order valence-electron chi connectivity index (χ3n) is 5.25. The Kier molecular flexibility index (Phi) is 7.83. The normalized spacial score (nSPS) is 18.1. The molecule has 0 aliphatic carbocycles. The highest BCUT2D eigenvalue weighted by molar-refractivity contribution is 14.0. The summed E-state index contributed by atoms with van der Waals surface area (Å²) in [6, 6.07) is 10.6. The molecule has 1 aromatic heterocycles. The van der Waals surface area contributed by atoms with Gasteiger partial charge in [-0.3, -0.25) is 4.99 Å². The molecule has 1 saturated heterocycles. The molecule has 1 fully saturated rings. The Hall–Kier alpha value is -1.74. The number of ether oxygens (including phenoxy) is 1. The number of pyridine rings is 1. The third-order valence-corrected chi connectivity index (χ3v) is 5.55. The third kappa shape index (κ3) is 5.45. The van der Waals surface area contributed by atoms with Gasteiger partial charge in [0, 0.05) is 45.3 Å². The molecule has 2 aromatic rings. The molecule has 6 nitrogen and oxygen atoms in total. The van der Waals surface area contributed by atoms with Gasteiger partial charge in [-0.2, -0.15) is 0 Å². The molecule has 29 heavy (non-hydrogen) atoms. The van der Waals surface area contributed by atoms with Crippen molar-refractivity contribution < 1.29 is 4.74 Å². The van der Waals surface area contributed by atoms with E-state index in [9.17, 15) is 0 Å². The summed E-state index contributed by atoms with van der Waals surface area (Å²) in [6.07, 6.45) is 4.78. The van der Waals surface area contributed by atoms with E-state index in [2.05, 4.69) is 43.7 Å². The van der Waals surface area contributed by atoms with Gasteiger partial charge in [-0.05, 0) is 42.2 Å². The SMILES string of the molecule is CN=C(NCCc1ccc2c(c1)CCO2)NC1CCN(c2ncccc2Cl)C1.I. The lowest BCUT2D eigenvalue weighted by molar-refractivity contribution is 0.357. The van der Waals surface area contributed by atoms with Crippen LogP contribution in [0.5, 0.6) is 5.75 Å². The van der Waals surface area contributed by atoms with Gasteiger partial charge in [0.05, 0.1) is 11.6 Å². The second-order valence-electron chi connectivity index (χ2n) is 7.17. The molecule has 1 aromatic carbocycles. The van der Waals surface area contributed by atoms with Crippen LogP contribution in [0.4, 0.5) is 5.82 Å². The topological polar surface area (TPSA) is 61.8 Å². The van der Waals surface area contributed by atoms with Crippen LogP contribution < -0.4 is 20.3 Å². The van der Waals surface area contributed by atoms with Crippen molar-refractivity contribution >= 4 is 47.4 Å². The number of hydrogen-bond acceptors (Lipinski definition) is 4. The molecule has 4 rings (SSSR count). The zero-order valence-electron chi connectivity index (χ0n) is 16.5. The maximum atomic E-state index is 6.28. The van der Waals surface area contributed by atoms with E-state index in [0.717, 1.165) is 63.0 Å². The lowest BCUT2D eigenvalue weighted by Crippen LogP contribution is -2.45. The minimum Gasteiger partial charge on any atom is -0.493 e. The first-order valence-electron chi connectivity index (χ1n) is 9.80. The standard InChI is InChI=1S/C21H26ClN5O.HI/c1-23-21(25-10-6-15-4-5-19-16(13-15)8-12-28-19)26-17-7-11-27(14-17)20-18(22)3-2-9-24-20;/h2-5,9,13,17H,6-8,10-12,14H2,1H3,(H2,23,25,26);1H. The van der Waals surface area contributed by atoms with Crippen LogP contribution in [-0.2, 0) is 12.8 Å². The molecule has 2 aliphatic heterocycles. The summed E-state index contributed by atoms with van der Waals surface area (Å²) in [4.78, 5) is 11.0. The fraction of sp³-hybridized carbons (Fsp3) is 0.429. The smallest absolute Gasteiger partial charge is 0.191 e. The summed E-state index contributed by atoms with van der Waals surface area (Å²) >= 11 is 6.28. The van der Waals surface area contributed by atoms with Gasteiger partial charge in [0.15, 0.2) is 5.96 Å². The van der Waals surface area contributed by atoms with Crippen LogP contribution in [0.3, 0.4) is 0 Å². The van der Waals surface area contributed by atoms with Crippen molar-refractivity contribution in [3.63, 3.8) is 0 Å². The lowest BCUT2D eigenvalue weighted by Gasteiger charge is -2.20. The molecular formula is C21H27ClIN5O. The maximum Gasteiger partial charge on any atom is 0.191 e. The molecule has 0 radical (unpaired) electrons. The number of aromatic nitrogens is 1. The van der Waals surface area contributed by atoms with E-state index in [1.165, 1.54) is 11.1 Å². The van der Waals surface area contributed by atoms with Crippen LogP contribution in [0.1, 0.15) is 17.5 Å². The van der Waals surface area contributed by atoms with Gasteiger partial charge in [-0.1, -0.05) is 23.7 Å². The summed E-state index contributed by atoms with van der Waals surface area (Å²) in [6.45, 7) is 3.43. The number of halogens is 2. The molecule has 0 amide bonds. The molecule has 8 heteroatoms. The van der Waals surface area contributed by atoms with E-state index in [1.54, 1.807) is 6.20 Å². The largest absolute Gasteiger partial charge is 0.493 e. The van der Waals surface area contributed by atoms with E-state index in [0.29, 0.717) is 11.1 Å². The summed E-state index contributed by atoms with van der Waals surface area (Å²) in [5.41, 5.74) is 2.64. The van der Waals surface area contributed by atoms with Crippen LogP contribution in [0, 0.1) is 0 Å². The highest BCUT2D eigenvalue weighted by Gasteiger charge is 2.25. The summed E-state index contributed by atoms with van der Waals surface area (Å²) in [7, 11) is 1.81. The van der Waals surface area contributed by atoms with Crippen molar-refractivity contribution in [3.05, 3.63) is 52.7 Å². The first-order valence-corrected chi connectivity index (χ1v) is 10.2. The molecule has 2 aliphatic rings. The number of nitrogens with zero attached hydrogens (tertiary/aromatic N) is 3. The van der Waals surface area contributed by atoms with Gasteiger partial charge >= 0.3 is 0 Å². The van der Waals surface area contributed by atoms with Crippen molar-refractivity contribution in [1.82, 2.24) is 15.6 Å². The van der Waals surface area contributed by atoms with Crippen LogP contribution in [0.25, 0.3) is 0 Å². The van der Waals surface area contributed by atoms with E-state index < -0.39 is 0 Å². The number of guanidine groups is 1. The monoisotopic (exact) mass is 527 g/mol. The zero-order chi connectivity index (χ0) is 19.3. The predicted molar refractivity (Wildman–Crippen MR) is 129 cm³/mol. The second-order valence-corrected chi connectivity index (χ2v) is 7.58. The maximum absolute atomic E-state index is 6.28. The van der Waals surface area contributed by atoms with Crippen molar-refractivity contribution in [2.45, 2.75) is 25.3 Å². The van der Waals surface area contributed by atoms with Crippen LogP contribution in [0.15, 0.2) is 41.5 Å². The number of hydrogen-bond donors (Lipinski definition) is 2. The zero-order valence-corrected chi connectivity index (χ0v) is 19.6. The first kappa shape index (κ1) is 22.0. The highest BCUT2D eigenvalue weighted by atomic mass is 127. The van der Waals surface area contributed by atoms with Gasteiger partial charge in [0.1, 0.15) is 11.6 Å². The average molecular weight is 528 g/mol. The van der Waals surface area contributed by atoms with Gasteiger partial charge < -0.3 is 20.3 Å². The number of rotatable bonds is 5. The predicted octanol–water partition coefficient (Wildman–Crippen LogP) is 3.27. The molecule has 2 N–H and O–H groups in total. The number of nitrogens with one attached hydrogen (secondary N) is 2. The average Bonchev–Trinajstić information content (AvgIpc) is 3.36. The number of anilines is 1. The van der Waals surface area contributed by atoms with Gasteiger partial charge in [-0.25, -0.2) is 4.98 Å². The van der Waals surface area contributed by atoms with Gasteiger partial charge in [0.25, 0.3) is 0 Å². The minimum atomic E-state index is 0. The van der Waals surface area contributed by atoms with Crippen molar-refractivity contribution in [2.24, 2.45) is 4.99 Å². The first-order chi connectivity index (χ1) is 13.7. The minimum absolute atomic E-state index is 0. The molecule has 1 atom stereocenters. The van der Waals surface area contributed by atoms with E-state index in [-0.39, 0.29) is 24.0 Å². The number of fused-ring (bicyclic) bond motifs is 1. The number of benzene rings is 1. The Morgan fingerprint density at radius 3 is 3.10 bits per heavy atom. The fourth-order valence-electron chi connectivity index (χ4n) is 3.79. The number of aliphatic imine (C=N–C) groups is 1. The van der Waals surface area contributed by atoms with Crippen molar-refractivity contribution in [2.75, 3.05) is 38.2 Å². The molecule has 0 saturated carbocycles. The summed E-state index contributed by atoms with van der Waals surface area (Å²) in [5, 5.41) is 7.64.